The molecule has 1 aliphatic rings. The van der Waals surface area contributed by atoms with Crippen LogP contribution < -0.4 is 5.73 Å². The molecule has 1 aliphatic heterocycles. The zero-order valence-electron chi connectivity index (χ0n) is 9.36. The van der Waals surface area contributed by atoms with E-state index in [9.17, 15) is 0 Å². The van der Waals surface area contributed by atoms with Crippen LogP contribution in [0.15, 0.2) is 24.3 Å². The molecule has 0 radical (unpaired) electrons. The van der Waals surface area contributed by atoms with Crippen LogP contribution in [0.2, 0.25) is 5.02 Å². The van der Waals surface area contributed by atoms with E-state index >= 15 is 0 Å². The Morgan fingerprint density at radius 1 is 1.44 bits per heavy atom. The number of benzene rings is 1. The first-order valence-electron chi connectivity index (χ1n) is 5.89. The third-order valence-electron chi connectivity index (χ3n) is 3.13. The molecule has 1 heterocycles. The van der Waals surface area contributed by atoms with Gasteiger partial charge in [0.15, 0.2) is 0 Å². The molecule has 0 saturated carbocycles. The van der Waals surface area contributed by atoms with Gasteiger partial charge in [0.1, 0.15) is 0 Å². The third-order valence-corrected chi connectivity index (χ3v) is 3.47. The van der Waals surface area contributed by atoms with Crippen LogP contribution >= 0.6 is 11.6 Å². The van der Waals surface area contributed by atoms with Gasteiger partial charge in [-0.2, -0.15) is 0 Å². The predicted octanol–water partition coefficient (Wildman–Crippen LogP) is 3.30. The first-order chi connectivity index (χ1) is 7.77. The van der Waals surface area contributed by atoms with Crippen LogP contribution in [-0.2, 0) is 4.74 Å². The Hall–Kier alpha value is -0.570. The summed E-state index contributed by atoms with van der Waals surface area (Å²) >= 11 is 6.10. The Morgan fingerprint density at radius 3 is 2.94 bits per heavy atom. The second-order valence-electron chi connectivity index (χ2n) is 4.34. The van der Waals surface area contributed by atoms with Crippen molar-refractivity contribution in [3.8, 4) is 0 Å². The molecule has 2 nitrogen and oxygen atoms in total. The van der Waals surface area contributed by atoms with Gasteiger partial charge in [0, 0.05) is 17.7 Å². The summed E-state index contributed by atoms with van der Waals surface area (Å²) in [5.74, 6) is 0. The summed E-state index contributed by atoms with van der Waals surface area (Å²) in [6.45, 7) is 0.909. The summed E-state index contributed by atoms with van der Waals surface area (Å²) in [6.07, 6.45) is 4.75. The molecular weight excluding hydrogens is 222 g/mol. The minimum Gasteiger partial charge on any atom is -0.378 e. The molecule has 0 bridgehead atoms. The second kappa shape index (κ2) is 5.67. The lowest BCUT2D eigenvalue weighted by Crippen LogP contribution is -2.14. The van der Waals surface area contributed by atoms with E-state index in [0.29, 0.717) is 6.10 Å². The number of nitrogens with two attached hydrogens (primary N) is 1. The maximum Gasteiger partial charge on any atom is 0.0576 e. The van der Waals surface area contributed by atoms with E-state index in [1.807, 2.05) is 24.3 Å². The van der Waals surface area contributed by atoms with E-state index in [0.717, 1.165) is 30.0 Å². The smallest absolute Gasteiger partial charge is 0.0576 e. The highest BCUT2D eigenvalue weighted by Crippen LogP contribution is 2.26. The Bertz CT molecular complexity index is 336. The highest BCUT2D eigenvalue weighted by atomic mass is 35.5. The van der Waals surface area contributed by atoms with Gasteiger partial charge in [-0.05, 0) is 37.3 Å². The van der Waals surface area contributed by atoms with Gasteiger partial charge in [0.05, 0.1) is 6.10 Å². The van der Waals surface area contributed by atoms with Crippen LogP contribution in [0.1, 0.15) is 37.3 Å². The van der Waals surface area contributed by atoms with Crippen molar-refractivity contribution in [3.63, 3.8) is 0 Å². The highest BCUT2D eigenvalue weighted by molar-refractivity contribution is 6.31. The van der Waals surface area contributed by atoms with Crippen LogP contribution in [0.4, 0.5) is 0 Å². The van der Waals surface area contributed by atoms with Crippen molar-refractivity contribution in [2.24, 2.45) is 5.73 Å². The van der Waals surface area contributed by atoms with E-state index < -0.39 is 0 Å². The summed E-state index contributed by atoms with van der Waals surface area (Å²) in [4.78, 5) is 0. The van der Waals surface area contributed by atoms with E-state index in [4.69, 9.17) is 22.1 Å². The molecule has 88 valence electrons. The Kier molecular flexibility index (Phi) is 4.22. The molecule has 1 aromatic carbocycles. The average Bonchev–Trinajstić information content (AvgIpc) is 2.79. The molecule has 2 atom stereocenters. The summed E-state index contributed by atoms with van der Waals surface area (Å²) in [5, 5.41) is 0.766. The number of hydrogen-bond donors (Lipinski definition) is 1. The molecule has 2 rings (SSSR count). The molecule has 16 heavy (non-hydrogen) atoms. The van der Waals surface area contributed by atoms with Crippen LogP contribution in [0.25, 0.3) is 0 Å². The van der Waals surface area contributed by atoms with Gasteiger partial charge in [-0.3, -0.25) is 0 Å². The third kappa shape index (κ3) is 2.97. The first-order valence-corrected chi connectivity index (χ1v) is 6.27. The average molecular weight is 240 g/mol. The minimum atomic E-state index is 0.0258. The summed E-state index contributed by atoms with van der Waals surface area (Å²) in [7, 11) is 0. The largest absolute Gasteiger partial charge is 0.378 e. The predicted molar refractivity (Wildman–Crippen MR) is 66.6 cm³/mol. The maximum atomic E-state index is 6.13. The SMILES string of the molecule is NC(CCC1CCCO1)c1ccccc1Cl. The van der Waals surface area contributed by atoms with Crippen molar-refractivity contribution < 1.29 is 4.74 Å². The molecule has 1 fully saturated rings. The lowest BCUT2D eigenvalue weighted by atomic mass is 10.00. The van der Waals surface area contributed by atoms with Crippen LogP contribution in [0.5, 0.6) is 0 Å². The van der Waals surface area contributed by atoms with Crippen molar-refractivity contribution >= 4 is 11.6 Å². The second-order valence-corrected chi connectivity index (χ2v) is 4.75. The van der Waals surface area contributed by atoms with Gasteiger partial charge < -0.3 is 10.5 Å². The number of ether oxygens (including phenoxy) is 1. The summed E-state index contributed by atoms with van der Waals surface area (Å²) in [5.41, 5.74) is 7.18. The van der Waals surface area contributed by atoms with Crippen molar-refractivity contribution in [1.82, 2.24) is 0 Å². The molecule has 3 heteroatoms. The van der Waals surface area contributed by atoms with E-state index in [1.54, 1.807) is 0 Å². The van der Waals surface area contributed by atoms with Gasteiger partial charge in [-0.1, -0.05) is 29.8 Å². The normalized spacial score (nSPS) is 22.2. The van der Waals surface area contributed by atoms with E-state index in [2.05, 4.69) is 0 Å². The van der Waals surface area contributed by atoms with E-state index in [-0.39, 0.29) is 6.04 Å². The molecule has 2 unspecified atom stereocenters. The van der Waals surface area contributed by atoms with Crippen molar-refractivity contribution in [2.75, 3.05) is 6.61 Å². The monoisotopic (exact) mass is 239 g/mol. The van der Waals surface area contributed by atoms with Gasteiger partial charge in [0.2, 0.25) is 0 Å². The van der Waals surface area contributed by atoms with Gasteiger partial charge in [-0.15, -0.1) is 0 Å². The molecular formula is C13H18ClNO. The first kappa shape index (κ1) is 11.9. The molecule has 1 saturated heterocycles. The van der Waals surface area contributed by atoms with Crippen molar-refractivity contribution in [3.05, 3.63) is 34.9 Å². The van der Waals surface area contributed by atoms with Crippen molar-refractivity contribution in [1.29, 1.82) is 0 Å². The number of hydrogen-bond acceptors (Lipinski definition) is 2. The van der Waals surface area contributed by atoms with E-state index in [1.165, 1.54) is 12.8 Å². The fourth-order valence-corrected chi connectivity index (χ4v) is 2.44. The van der Waals surface area contributed by atoms with Crippen LogP contribution in [0.3, 0.4) is 0 Å². The molecule has 0 amide bonds. The Morgan fingerprint density at radius 2 is 2.25 bits per heavy atom. The molecule has 2 N–H and O–H groups in total. The quantitative estimate of drug-likeness (QED) is 0.875. The number of halogens is 1. The molecule has 1 aromatic rings. The fourth-order valence-electron chi connectivity index (χ4n) is 2.17. The lowest BCUT2D eigenvalue weighted by molar-refractivity contribution is 0.101. The van der Waals surface area contributed by atoms with Crippen LogP contribution in [0, 0.1) is 0 Å². The number of rotatable bonds is 4. The molecule has 0 aromatic heterocycles. The Labute approximate surface area is 102 Å². The van der Waals surface area contributed by atoms with Gasteiger partial charge >= 0.3 is 0 Å². The standard InChI is InChI=1S/C13H18ClNO/c14-12-6-2-1-5-11(12)13(15)8-7-10-4-3-9-16-10/h1-2,5-6,10,13H,3-4,7-9,15H2. The van der Waals surface area contributed by atoms with Gasteiger partial charge in [0.25, 0.3) is 0 Å². The highest BCUT2D eigenvalue weighted by Gasteiger charge is 2.17. The van der Waals surface area contributed by atoms with Gasteiger partial charge in [-0.25, -0.2) is 0 Å². The lowest BCUT2D eigenvalue weighted by Gasteiger charge is -2.16. The summed E-state index contributed by atoms with van der Waals surface area (Å²) < 4.78 is 5.58. The minimum absolute atomic E-state index is 0.0258. The van der Waals surface area contributed by atoms with Crippen molar-refractivity contribution in [2.45, 2.75) is 37.8 Å². The molecule has 0 aliphatic carbocycles. The zero-order chi connectivity index (χ0) is 11.4. The Balaban J connectivity index is 1.87. The topological polar surface area (TPSA) is 35.2 Å². The van der Waals surface area contributed by atoms with Crippen LogP contribution in [-0.4, -0.2) is 12.7 Å². The summed E-state index contributed by atoms with van der Waals surface area (Å²) in [6, 6.07) is 7.83. The zero-order valence-corrected chi connectivity index (χ0v) is 10.1. The molecule has 0 spiro atoms. The fraction of sp³-hybridized carbons (Fsp3) is 0.538. The maximum absolute atomic E-state index is 6.13.